The third kappa shape index (κ3) is 5.02. The van der Waals surface area contributed by atoms with Crippen LogP contribution in [-0.4, -0.2) is 42.2 Å². The number of amides is 1. The van der Waals surface area contributed by atoms with Gasteiger partial charge >= 0.3 is 5.91 Å². The van der Waals surface area contributed by atoms with E-state index in [2.05, 4.69) is 30.7 Å². The molecule has 1 aromatic carbocycles. The van der Waals surface area contributed by atoms with Crippen LogP contribution in [-0.2, 0) is 6.42 Å². The minimum atomic E-state index is -0.670. The van der Waals surface area contributed by atoms with Gasteiger partial charge in [0.1, 0.15) is 17.7 Å². The predicted molar refractivity (Wildman–Crippen MR) is 139 cm³/mol. The number of hydrogen-bond acceptors (Lipinski definition) is 8. The van der Waals surface area contributed by atoms with E-state index in [1.165, 1.54) is 6.26 Å². The number of oxazole rings is 1. The monoisotopic (exact) mass is 517 g/mol. The van der Waals surface area contributed by atoms with Crippen LogP contribution in [0.15, 0.2) is 65.5 Å². The summed E-state index contributed by atoms with van der Waals surface area (Å²) in [7, 11) is 0. The fraction of sp³-hybridized carbons (Fsp3) is 0.192. The van der Waals surface area contributed by atoms with E-state index in [4.69, 9.17) is 16.0 Å². The molecule has 10 nitrogen and oxygen atoms in total. The van der Waals surface area contributed by atoms with E-state index in [1.807, 2.05) is 42.8 Å². The van der Waals surface area contributed by atoms with Crippen molar-refractivity contribution in [2.45, 2.75) is 26.3 Å². The molecule has 37 heavy (non-hydrogen) atoms. The number of halogens is 1. The highest BCUT2D eigenvalue weighted by Gasteiger charge is 2.21. The van der Waals surface area contributed by atoms with Crippen LogP contribution in [0.25, 0.3) is 16.9 Å². The van der Waals surface area contributed by atoms with E-state index < -0.39 is 11.9 Å². The number of aliphatic hydroxyl groups is 1. The van der Waals surface area contributed by atoms with E-state index in [9.17, 15) is 9.90 Å². The van der Waals surface area contributed by atoms with Gasteiger partial charge in [0.2, 0.25) is 5.95 Å². The largest absolute Gasteiger partial charge is 0.440 e. The fourth-order valence-corrected chi connectivity index (χ4v) is 4.17. The summed E-state index contributed by atoms with van der Waals surface area (Å²) in [6.45, 7) is 3.56. The first-order valence-corrected chi connectivity index (χ1v) is 12.0. The topological polar surface area (TPSA) is 130 Å². The number of fused-ring (bicyclic) bond motifs is 1. The second-order valence-electron chi connectivity index (χ2n) is 8.36. The molecule has 0 radical (unpaired) electrons. The summed E-state index contributed by atoms with van der Waals surface area (Å²) in [5.41, 5.74) is 4.94. The van der Waals surface area contributed by atoms with Crippen molar-refractivity contribution in [1.82, 2.24) is 29.9 Å². The highest BCUT2D eigenvalue weighted by molar-refractivity contribution is 6.30. The van der Waals surface area contributed by atoms with Gasteiger partial charge in [0.25, 0.3) is 5.89 Å². The Kier molecular flexibility index (Phi) is 6.85. The van der Waals surface area contributed by atoms with Crippen LogP contribution in [0.4, 0.5) is 11.6 Å². The standard InChI is InChI=1S/C26H24ClN7O3/c1-3-18-23(21-9-4-5-10-34(21)33-18)32-26-28-12-15(2)22(31-26)20-14-37-25(30-20)24(36)29-19(13-35)16-7-6-8-17(27)11-16/h4-12,14,19,35H,3,13H2,1-2H3,(H,29,36)(H,28,31,32)/t19-/m1/s1. The van der Waals surface area contributed by atoms with Crippen LogP contribution in [0.1, 0.15) is 40.5 Å². The van der Waals surface area contributed by atoms with E-state index in [0.29, 0.717) is 27.9 Å². The molecule has 188 valence electrons. The molecule has 5 rings (SSSR count). The van der Waals surface area contributed by atoms with Crippen molar-refractivity contribution in [3.8, 4) is 11.4 Å². The number of carbonyl (C=O) groups excluding carboxylic acids is 1. The zero-order valence-corrected chi connectivity index (χ0v) is 20.9. The van der Waals surface area contributed by atoms with Gasteiger partial charge in [-0.2, -0.15) is 5.10 Å². The second-order valence-corrected chi connectivity index (χ2v) is 8.79. The number of carbonyl (C=O) groups is 1. The minimum Gasteiger partial charge on any atom is -0.440 e. The molecule has 0 bridgehead atoms. The lowest BCUT2D eigenvalue weighted by Crippen LogP contribution is -2.31. The SMILES string of the molecule is CCc1nn2ccccc2c1Nc1ncc(C)c(-c2coc(C(=O)N[C@H](CO)c3cccc(Cl)c3)n2)n1. The van der Waals surface area contributed by atoms with Crippen LogP contribution >= 0.6 is 11.6 Å². The Morgan fingerprint density at radius 3 is 2.86 bits per heavy atom. The molecule has 1 amide bonds. The van der Waals surface area contributed by atoms with Gasteiger partial charge < -0.3 is 20.2 Å². The number of aryl methyl sites for hydroxylation is 2. The van der Waals surface area contributed by atoms with E-state index in [1.54, 1.807) is 30.5 Å². The summed E-state index contributed by atoms with van der Waals surface area (Å²) >= 11 is 6.04. The zero-order chi connectivity index (χ0) is 25.9. The smallest absolute Gasteiger partial charge is 0.307 e. The highest BCUT2D eigenvalue weighted by Crippen LogP contribution is 2.27. The van der Waals surface area contributed by atoms with Gasteiger partial charge in [-0.05, 0) is 48.7 Å². The Labute approximate surface area is 217 Å². The molecule has 0 spiro atoms. The number of aromatic nitrogens is 5. The van der Waals surface area contributed by atoms with E-state index >= 15 is 0 Å². The summed E-state index contributed by atoms with van der Waals surface area (Å²) in [6, 6.07) is 12.1. The lowest BCUT2D eigenvalue weighted by atomic mass is 10.1. The minimum absolute atomic E-state index is 0.154. The molecule has 1 atom stereocenters. The second kappa shape index (κ2) is 10.4. The molecule has 4 heterocycles. The molecular weight excluding hydrogens is 494 g/mol. The van der Waals surface area contributed by atoms with Crippen molar-refractivity contribution in [1.29, 1.82) is 0 Å². The molecule has 0 saturated carbocycles. The Bertz CT molecular complexity index is 1580. The molecule has 3 N–H and O–H groups in total. The van der Waals surface area contributed by atoms with Gasteiger partial charge in [0, 0.05) is 17.4 Å². The normalized spacial score (nSPS) is 12.0. The number of anilines is 2. The Morgan fingerprint density at radius 1 is 1.22 bits per heavy atom. The van der Waals surface area contributed by atoms with Crippen molar-refractivity contribution in [3.05, 3.63) is 88.9 Å². The molecule has 0 aliphatic carbocycles. The van der Waals surface area contributed by atoms with Crippen molar-refractivity contribution < 1.29 is 14.3 Å². The van der Waals surface area contributed by atoms with Crippen molar-refractivity contribution in [2.75, 3.05) is 11.9 Å². The summed E-state index contributed by atoms with van der Waals surface area (Å²) in [4.78, 5) is 26.2. The van der Waals surface area contributed by atoms with Crippen LogP contribution in [0.3, 0.4) is 0 Å². The predicted octanol–water partition coefficient (Wildman–Crippen LogP) is 4.51. The summed E-state index contributed by atoms with van der Waals surface area (Å²) < 4.78 is 7.26. The van der Waals surface area contributed by atoms with Crippen LogP contribution in [0.2, 0.25) is 5.02 Å². The molecule has 0 saturated heterocycles. The first-order chi connectivity index (χ1) is 18.0. The molecule has 0 aliphatic heterocycles. The number of nitrogens with one attached hydrogen (secondary N) is 2. The number of nitrogens with zero attached hydrogens (tertiary/aromatic N) is 5. The van der Waals surface area contributed by atoms with Gasteiger partial charge in [-0.25, -0.2) is 19.5 Å². The number of hydrogen-bond donors (Lipinski definition) is 3. The maximum absolute atomic E-state index is 12.8. The molecule has 0 unspecified atom stereocenters. The van der Waals surface area contributed by atoms with Gasteiger partial charge in [0.05, 0.1) is 29.5 Å². The van der Waals surface area contributed by atoms with Gasteiger partial charge in [0.15, 0.2) is 0 Å². The van der Waals surface area contributed by atoms with Crippen molar-refractivity contribution in [2.24, 2.45) is 0 Å². The van der Waals surface area contributed by atoms with Crippen LogP contribution < -0.4 is 10.6 Å². The number of benzene rings is 1. The van der Waals surface area contributed by atoms with Crippen LogP contribution in [0.5, 0.6) is 0 Å². The quantitative estimate of drug-likeness (QED) is 0.274. The Morgan fingerprint density at radius 2 is 2.08 bits per heavy atom. The summed E-state index contributed by atoms with van der Waals surface area (Å²) in [5.74, 6) is -0.363. The first kappa shape index (κ1) is 24.4. The number of aliphatic hydroxyl groups excluding tert-OH is 1. The van der Waals surface area contributed by atoms with Crippen molar-refractivity contribution in [3.63, 3.8) is 0 Å². The molecule has 4 aromatic heterocycles. The van der Waals surface area contributed by atoms with Crippen molar-refractivity contribution >= 4 is 34.7 Å². The van der Waals surface area contributed by atoms with Gasteiger partial charge in [-0.1, -0.05) is 36.7 Å². The molecular formula is C26H24ClN7O3. The molecule has 0 fully saturated rings. The first-order valence-electron chi connectivity index (χ1n) is 11.7. The fourth-order valence-electron chi connectivity index (χ4n) is 3.97. The lowest BCUT2D eigenvalue weighted by Gasteiger charge is -2.15. The van der Waals surface area contributed by atoms with Gasteiger partial charge in [-0.15, -0.1) is 0 Å². The van der Waals surface area contributed by atoms with Gasteiger partial charge in [-0.3, -0.25) is 4.79 Å². The average molecular weight is 518 g/mol. The number of rotatable bonds is 8. The Hall–Kier alpha value is -4.28. The van der Waals surface area contributed by atoms with E-state index in [-0.39, 0.29) is 12.5 Å². The Balaban J connectivity index is 1.39. The molecule has 11 heteroatoms. The lowest BCUT2D eigenvalue weighted by molar-refractivity contribution is 0.0881. The number of pyridine rings is 1. The third-order valence-corrected chi connectivity index (χ3v) is 6.07. The van der Waals surface area contributed by atoms with E-state index in [0.717, 1.165) is 28.9 Å². The summed E-state index contributed by atoms with van der Waals surface area (Å²) in [6.07, 6.45) is 5.66. The maximum Gasteiger partial charge on any atom is 0.307 e. The average Bonchev–Trinajstić information content (AvgIpc) is 3.54. The molecule has 0 aliphatic rings. The molecule has 5 aromatic rings. The zero-order valence-electron chi connectivity index (χ0n) is 20.1. The highest BCUT2D eigenvalue weighted by atomic mass is 35.5. The van der Waals surface area contributed by atoms with Crippen LogP contribution in [0, 0.1) is 6.92 Å². The summed E-state index contributed by atoms with van der Waals surface area (Å²) in [5, 5.41) is 20.9. The maximum atomic E-state index is 12.8. The third-order valence-electron chi connectivity index (χ3n) is 5.84.